The highest BCUT2D eigenvalue weighted by molar-refractivity contribution is 5.61. The normalized spacial score (nSPS) is 11.5. The van der Waals surface area contributed by atoms with E-state index in [-0.39, 0.29) is 17.9 Å². The van der Waals surface area contributed by atoms with Gasteiger partial charge in [-0.15, -0.1) is 0 Å². The number of H-pyrrole nitrogens is 1. The smallest absolute Gasteiger partial charge is 0.276 e. The molecule has 1 aromatic rings. The minimum atomic E-state index is -0.519. The predicted octanol–water partition coefficient (Wildman–Crippen LogP) is -0.441. The van der Waals surface area contributed by atoms with Gasteiger partial charge in [0.15, 0.2) is 5.82 Å². The van der Waals surface area contributed by atoms with Gasteiger partial charge in [-0.25, -0.2) is 4.98 Å². The van der Waals surface area contributed by atoms with Gasteiger partial charge in [-0.3, -0.25) is 4.79 Å². The van der Waals surface area contributed by atoms with Crippen LogP contribution in [0.4, 0.5) is 11.5 Å². The van der Waals surface area contributed by atoms with E-state index in [2.05, 4.69) is 9.97 Å². The maximum absolute atomic E-state index is 11.2. The number of rotatable bonds is 3. The summed E-state index contributed by atoms with van der Waals surface area (Å²) < 4.78 is 0. The van der Waals surface area contributed by atoms with Crippen LogP contribution in [0, 0.1) is 0 Å². The average molecular weight is 212 g/mol. The molecule has 0 atom stereocenters. The molecule has 0 aliphatic rings. The lowest BCUT2D eigenvalue weighted by atomic mass is 10.1. The molecular weight excluding hydrogens is 196 g/mol. The van der Waals surface area contributed by atoms with Crippen LogP contribution in [-0.2, 0) is 0 Å². The van der Waals surface area contributed by atoms with Crippen LogP contribution < -0.4 is 16.2 Å². The molecular formula is C9H16N4O2. The Morgan fingerprint density at radius 3 is 2.80 bits per heavy atom. The molecule has 0 amide bonds. The molecule has 6 heteroatoms. The number of aliphatic hydroxyl groups excluding tert-OH is 1. The summed E-state index contributed by atoms with van der Waals surface area (Å²) in [5, 5.41) is 9.19. The minimum Gasteiger partial charge on any atom is -0.394 e. The summed E-state index contributed by atoms with van der Waals surface area (Å²) in [6, 6.07) is 0. The number of nitrogens with two attached hydrogens (primary N) is 1. The Kier molecular flexibility index (Phi) is 2.99. The van der Waals surface area contributed by atoms with Gasteiger partial charge in [0.1, 0.15) is 5.69 Å². The number of aromatic nitrogens is 2. The van der Waals surface area contributed by atoms with Gasteiger partial charge < -0.3 is 20.7 Å². The van der Waals surface area contributed by atoms with E-state index in [9.17, 15) is 9.90 Å². The van der Waals surface area contributed by atoms with Crippen LogP contribution in [0.5, 0.6) is 0 Å². The Balaban J connectivity index is 3.17. The number of anilines is 2. The van der Waals surface area contributed by atoms with Gasteiger partial charge >= 0.3 is 0 Å². The zero-order valence-corrected chi connectivity index (χ0v) is 9.11. The van der Waals surface area contributed by atoms with Crippen LogP contribution >= 0.6 is 0 Å². The van der Waals surface area contributed by atoms with Gasteiger partial charge in [0.05, 0.1) is 18.5 Å². The lowest BCUT2D eigenvalue weighted by molar-refractivity contribution is 0.215. The Morgan fingerprint density at radius 2 is 2.27 bits per heavy atom. The lowest BCUT2D eigenvalue weighted by Crippen LogP contribution is -2.45. The Labute approximate surface area is 87.8 Å². The summed E-state index contributed by atoms with van der Waals surface area (Å²) in [6.45, 7) is 3.60. The van der Waals surface area contributed by atoms with Gasteiger partial charge in [0.2, 0.25) is 0 Å². The fourth-order valence-electron chi connectivity index (χ4n) is 1.06. The van der Waals surface area contributed by atoms with E-state index >= 15 is 0 Å². The molecule has 0 bridgehead atoms. The molecule has 6 nitrogen and oxygen atoms in total. The molecule has 0 saturated carbocycles. The third-order valence-electron chi connectivity index (χ3n) is 2.48. The standard InChI is InChI=1S/C9H16N4O2/c1-9(2,4-14)13(3)7-6(10)8(15)12-5-11-7/h5,14H,4,10H2,1-3H3,(H,11,12,15). The number of likely N-dealkylation sites (N-methyl/N-ethyl adjacent to an activating group) is 1. The third kappa shape index (κ3) is 2.10. The first-order valence-electron chi connectivity index (χ1n) is 4.58. The third-order valence-corrected chi connectivity index (χ3v) is 2.48. The Hall–Kier alpha value is -1.56. The number of nitrogens with zero attached hydrogens (tertiary/aromatic N) is 2. The van der Waals surface area contributed by atoms with Crippen LogP contribution in [0.15, 0.2) is 11.1 Å². The second-order valence-corrected chi connectivity index (χ2v) is 4.00. The van der Waals surface area contributed by atoms with Gasteiger partial charge in [0.25, 0.3) is 5.56 Å². The van der Waals surface area contributed by atoms with Crippen molar-refractivity contribution in [1.29, 1.82) is 0 Å². The summed E-state index contributed by atoms with van der Waals surface area (Å²) >= 11 is 0. The van der Waals surface area contributed by atoms with Crippen molar-refractivity contribution in [3.8, 4) is 0 Å². The molecule has 0 aliphatic heterocycles. The molecule has 1 aromatic heterocycles. The zero-order valence-electron chi connectivity index (χ0n) is 9.11. The van der Waals surface area contributed by atoms with E-state index in [4.69, 9.17) is 5.73 Å². The quantitative estimate of drug-likeness (QED) is 0.631. The molecule has 0 radical (unpaired) electrons. The molecule has 0 fully saturated rings. The van der Waals surface area contributed by atoms with E-state index < -0.39 is 5.54 Å². The monoisotopic (exact) mass is 212 g/mol. The number of hydrogen-bond acceptors (Lipinski definition) is 5. The first kappa shape index (κ1) is 11.5. The van der Waals surface area contributed by atoms with Crippen molar-refractivity contribution in [2.75, 3.05) is 24.3 Å². The largest absolute Gasteiger partial charge is 0.394 e. The zero-order chi connectivity index (χ0) is 11.6. The van der Waals surface area contributed by atoms with Crippen molar-refractivity contribution in [2.45, 2.75) is 19.4 Å². The fraction of sp³-hybridized carbons (Fsp3) is 0.556. The first-order valence-corrected chi connectivity index (χ1v) is 4.58. The van der Waals surface area contributed by atoms with Crippen molar-refractivity contribution in [2.24, 2.45) is 0 Å². The summed E-state index contributed by atoms with van der Waals surface area (Å²) in [5.41, 5.74) is 4.77. The van der Waals surface area contributed by atoms with E-state index in [0.717, 1.165) is 0 Å². The number of hydrogen-bond donors (Lipinski definition) is 3. The van der Waals surface area contributed by atoms with E-state index in [1.165, 1.54) is 6.33 Å². The Bertz CT molecular complexity index is 399. The first-order chi connectivity index (χ1) is 6.90. The summed E-state index contributed by atoms with van der Waals surface area (Å²) in [5.74, 6) is 0.373. The van der Waals surface area contributed by atoms with Crippen molar-refractivity contribution in [3.05, 3.63) is 16.7 Å². The molecule has 0 aliphatic carbocycles. The highest BCUT2D eigenvalue weighted by Gasteiger charge is 2.25. The van der Waals surface area contributed by atoms with Crippen molar-refractivity contribution < 1.29 is 5.11 Å². The molecule has 1 heterocycles. The number of nitrogens with one attached hydrogen (secondary N) is 1. The number of aliphatic hydroxyl groups is 1. The van der Waals surface area contributed by atoms with Gasteiger partial charge in [0, 0.05) is 7.05 Å². The average Bonchev–Trinajstić information content (AvgIpc) is 2.21. The highest BCUT2D eigenvalue weighted by Crippen LogP contribution is 2.22. The van der Waals surface area contributed by atoms with Gasteiger partial charge in [-0.1, -0.05) is 0 Å². The van der Waals surface area contributed by atoms with Crippen molar-refractivity contribution in [1.82, 2.24) is 9.97 Å². The maximum atomic E-state index is 11.2. The van der Waals surface area contributed by atoms with E-state index in [0.29, 0.717) is 5.82 Å². The van der Waals surface area contributed by atoms with Crippen LogP contribution in [0.3, 0.4) is 0 Å². The second-order valence-electron chi connectivity index (χ2n) is 4.00. The molecule has 84 valence electrons. The molecule has 15 heavy (non-hydrogen) atoms. The highest BCUT2D eigenvalue weighted by atomic mass is 16.3. The molecule has 1 rings (SSSR count). The SMILES string of the molecule is CN(c1nc[nH]c(=O)c1N)C(C)(C)CO. The maximum Gasteiger partial charge on any atom is 0.276 e. The van der Waals surface area contributed by atoms with Crippen LogP contribution in [-0.4, -0.2) is 34.3 Å². The van der Waals surface area contributed by atoms with Crippen LogP contribution in [0.2, 0.25) is 0 Å². The van der Waals surface area contributed by atoms with Crippen molar-refractivity contribution >= 4 is 11.5 Å². The topological polar surface area (TPSA) is 95.2 Å². The molecule has 0 saturated heterocycles. The van der Waals surface area contributed by atoms with E-state index in [1.54, 1.807) is 11.9 Å². The molecule has 4 N–H and O–H groups in total. The Morgan fingerprint density at radius 1 is 1.67 bits per heavy atom. The second kappa shape index (κ2) is 3.90. The minimum absolute atomic E-state index is 0.0570. The van der Waals surface area contributed by atoms with Gasteiger partial charge in [-0.05, 0) is 13.8 Å². The van der Waals surface area contributed by atoms with Crippen LogP contribution in [0.1, 0.15) is 13.8 Å². The molecule has 0 unspecified atom stereocenters. The van der Waals surface area contributed by atoms with Gasteiger partial charge in [-0.2, -0.15) is 0 Å². The van der Waals surface area contributed by atoms with E-state index in [1.807, 2.05) is 13.8 Å². The number of nitrogen functional groups attached to an aromatic ring is 1. The summed E-state index contributed by atoms with van der Waals surface area (Å²) in [6.07, 6.45) is 1.29. The molecule has 0 spiro atoms. The molecule has 0 aromatic carbocycles. The summed E-state index contributed by atoms with van der Waals surface area (Å²) in [7, 11) is 1.73. The van der Waals surface area contributed by atoms with Crippen molar-refractivity contribution in [3.63, 3.8) is 0 Å². The summed E-state index contributed by atoms with van der Waals surface area (Å²) in [4.78, 5) is 19.3. The lowest BCUT2D eigenvalue weighted by Gasteiger charge is -2.35. The van der Waals surface area contributed by atoms with Crippen LogP contribution in [0.25, 0.3) is 0 Å². The predicted molar refractivity (Wildman–Crippen MR) is 58.8 cm³/mol. The number of aromatic amines is 1. The fourth-order valence-corrected chi connectivity index (χ4v) is 1.06.